The van der Waals surface area contributed by atoms with Gasteiger partial charge in [0, 0.05) is 24.7 Å². The molecule has 1 heterocycles. The Hall–Kier alpha value is -1.81. The van der Waals surface area contributed by atoms with Crippen molar-refractivity contribution in [3.63, 3.8) is 0 Å². The third-order valence-electron chi connectivity index (χ3n) is 3.97. The minimum atomic E-state index is -0.728. The molecule has 1 aliphatic heterocycles. The van der Waals surface area contributed by atoms with Gasteiger partial charge in [0.05, 0.1) is 0 Å². The van der Waals surface area contributed by atoms with E-state index in [4.69, 9.17) is 4.74 Å². The second kappa shape index (κ2) is 6.76. The highest BCUT2D eigenvalue weighted by Crippen LogP contribution is 2.27. The van der Waals surface area contributed by atoms with Crippen molar-refractivity contribution in [3.8, 4) is 0 Å². The van der Waals surface area contributed by atoms with E-state index >= 15 is 0 Å². The maximum Gasteiger partial charge on any atom is 0.159 e. The molecule has 0 saturated carbocycles. The summed E-state index contributed by atoms with van der Waals surface area (Å²) in [6.07, 6.45) is 1.35. The Balaban J connectivity index is 2.23. The zero-order valence-corrected chi connectivity index (χ0v) is 12.4. The first kappa shape index (κ1) is 15.6. The first-order valence-corrected chi connectivity index (χ1v) is 7.23. The van der Waals surface area contributed by atoms with Crippen LogP contribution < -0.4 is 0 Å². The van der Waals surface area contributed by atoms with Crippen LogP contribution in [0.5, 0.6) is 0 Å². The monoisotopic (exact) mass is 288 g/mol. The Morgan fingerprint density at radius 1 is 1.05 bits per heavy atom. The Morgan fingerprint density at radius 3 is 2.10 bits per heavy atom. The molecule has 21 heavy (non-hydrogen) atoms. The highest BCUT2D eigenvalue weighted by atomic mass is 16.5. The van der Waals surface area contributed by atoms with E-state index in [9.17, 15) is 14.4 Å². The minimum absolute atomic E-state index is 0.0265. The molecular formula is C17H20O4. The summed E-state index contributed by atoms with van der Waals surface area (Å²) in [5.74, 6) is -1.05. The van der Waals surface area contributed by atoms with Gasteiger partial charge in [-0.1, -0.05) is 24.3 Å². The summed E-state index contributed by atoms with van der Waals surface area (Å²) in [5.41, 5.74) is 1.25. The fraction of sp³-hybridized carbons (Fsp3) is 0.471. The van der Waals surface area contributed by atoms with Gasteiger partial charge in [0.2, 0.25) is 0 Å². The summed E-state index contributed by atoms with van der Waals surface area (Å²) in [5, 5.41) is 0. The molecule has 112 valence electrons. The number of carbonyl (C=O) groups excluding carboxylic acids is 3. The van der Waals surface area contributed by atoms with Crippen molar-refractivity contribution in [2.24, 2.45) is 5.92 Å². The van der Waals surface area contributed by atoms with Crippen LogP contribution in [-0.4, -0.2) is 30.6 Å². The fourth-order valence-electron chi connectivity index (χ4n) is 2.73. The average molecular weight is 288 g/mol. The van der Waals surface area contributed by atoms with Gasteiger partial charge in [0.1, 0.15) is 11.7 Å². The Morgan fingerprint density at radius 2 is 1.62 bits per heavy atom. The van der Waals surface area contributed by atoms with Gasteiger partial charge in [-0.3, -0.25) is 14.4 Å². The molecule has 0 aromatic heterocycles. The van der Waals surface area contributed by atoms with E-state index in [0.29, 0.717) is 37.2 Å². The number of hydrogen-bond donors (Lipinski definition) is 0. The molecule has 0 bridgehead atoms. The molecule has 0 spiro atoms. The van der Waals surface area contributed by atoms with Crippen LogP contribution in [0.1, 0.15) is 48.5 Å². The van der Waals surface area contributed by atoms with Gasteiger partial charge in [-0.15, -0.1) is 0 Å². The number of ketones is 3. The highest BCUT2D eigenvalue weighted by molar-refractivity contribution is 6.07. The summed E-state index contributed by atoms with van der Waals surface area (Å²) in [6, 6.07) is 6.76. The van der Waals surface area contributed by atoms with Crippen LogP contribution in [0, 0.1) is 5.92 Å². The molecule has 0 amide bonds. The molecule has 1 aromatic carbocycles. The van der Waals surface area contributed by atoms with Crippen LogP contribution in [0.2, 0.25) is 0 Å². The molecule has 1 aliphatic rings. The predicted octanol–water partition coefficient (Wildman–Crippen LogP) is 2.56. The van der Waals surface area contributed by atoms with Crippen LogP contribution in [-0.2, 0) is 14.3 Å². The molecule has 0 aliphatic carbocycles. The van der Waals surface area contributed by atoms with E-state index in [-0.39, 0.29) is 23.3 Å². The Labute approximate surface area is 124 Å². The van der Waals surface area contributed by atoms with Crippen molar-refractivity contribution in [1.82, 2.24) is 0 Å². The van der Waals surface area contributed by atoms with E-state index in [1.165, 1.54) is 13.8 Å². The van der Waals surface area contributed by atoms with Crippen molar-refractivity contribution in [1.29, 1.82) is 0 Å². The van der Waals surface area contributed by atoms with Gasteiger partial charge in [-0.2, -0.15) is 0 Å². The zero-order chi connectivity index (χ0) is 15.4. The van der Waals surface area contributed by atoms with E-state index in [2.05, 4.69) is 0 Å². The van der Waals surface area contributed by atoms with Gasteiger partial charge >= 0.3 is 0 Å². The van der Waals surface area contributed by atoms with Gasteiger partial charge in [-0.05, 0) is 32.3 Å². The van der Waals surface area contributed by atoms with Gasteiger partial charge in [0.25, 0.3) is 0 Å². The average Bonchev–Trinajstić information content (AvgIpc) is 2.48. The number of Topliss-reactive ketones (excluding diaryl/α,β-unsaturated/α-hetero) is 3. The summed E-state index contributed by atoms with van der Waals surface area (Å²) in [6.45, 7) is 4.08. The number of carbonyl (C=O) groups is 3. The molecule has 1 atom stereocenters. The maximum atomic E-state index is 12.6. The van der Waals surface area contributed by atoms with Crippen LogP contribution in [0.4, 0.5) is 0 Å². The predicted molar refractivity (Wildman–Crippen MR) is 78.4 cm³/mol. The van der Waals surface area contributed by atoms with Crippen LogP contribution >= 0.6 is 0 Å². The number of benzene rings is 1. The lowest BCUT2D eigenvalue weighted by Crippen LogP contribution is -2.31. The smallest absolute Gasteiger partial charge is 0.159 e. The minimum Gasteiger partial charge on any atom is -0.381 e. The first-order valence-electron chi connectivity index (χ1n) is 7.23. The first-order chi connectivity index (χ1) is 10.0. The summed E-state index contributed by atoms with van der Waals surface area (Å²) in [4.78, 5) is 35.8. The van der Waals surface area contributed by atoms with Crippen molar-refractivity contribution < 1.29 is 19.1 Å². The molecule has 1 saturated heterocycles. The second-order valence-corrected chi connectivity index (χ2v) is 5.51. The van der Waals surface area contributed by atoms with Gasteiger partial charge in [0.15, 0.2) is 11.6 Å². The van der Waals surface area contributed by atoms with E-state index in [1.54, 1.807) is 24.3 Å². The Bertz CT molecular complexity index is 538. The maximum absolute atomic E-state index is 12.6. The molecule has 0 radical (unpaired) electrons. The van der Waals surface area contributed by atoms with Crippen molar-refractivity contribution >= 4 is 17.3 Å². The van der Waals surface area contributed by atoms with Crippen molar-refractivity contribution in [2.75, 3.05) is 13.2 Å². The SMILES string of the molecule is CC(=O)c1ccc(C(C(C)=O)C(=O)C2CCOCC2)cc1. The molecule has 1 aromatic rings. The van der Waals surface area contributed by atoms with Crippen molar-refractivity contribution in [2.45, 2.75) is 32.6 Å². The highest BCUT2D eigenvalue weighted by Gasteiger charge is 2.32. The molecule has 2 rings (SSSR count). The van der Waals surface area contributed by atoms with Crippen LogP contribution in [0.3, 0.4) is 0 Å². The standard InChI is InChI=1S/C17H20O4/c1-11(18)13-3-5-14(6-4-13)16(12(2)19)17(20)15-7-9-21-10-8-15/h3-6,15-16H,7-10H2,1-2H3. The fourth-order valence-corrected chi connectivity index (χ4v) is 2.73. The van der Waals surface area contributed by atoms with Crippen molar-refractivity contribution in [3.05, 3.63) is 35.4 Å². The number of ether oxygens (including phenoxy) is 1. The largest absolute Gasteiger partial charge is 0.381 e. The van der Waals surface area contributed by atoms with Crippen LogP contribution in [0.25, 0.3) is 0 Å². The van der Waals surface area contributed by atoms with Gasteiger partial charge in [-0.25, -0.2) is 0 Å². The van der Waals surface area contributed by atoms with E-state index in [0.717, 1.165) is 0 Å². The lowest BCUT2D eigenvalue weighted by atomic mass is 9.81. The molecule has 1 unspecified atom stereocenters. The zero-order valence-electron chi connectivity index (χ0n) is 12.4. The second-order valence-electron chi connectivity index (χ2n) is 5.51. The number of rotatable bonds is 5. The third-order valence-corrected chi connectivity index (χ3v) is 3.97. The molecule has 4 heteroatoms. The lowest BCUT2D eigenvalue weighted by Gasteiger charge is -2.24. The normalized spacial score (nSPS) is 17.2. The quantitative estimate of drug-likeness (QED) is 0.617. The molecule has 0 N–H and O–H groups in total. The molecule has 4 nitrogen and oxygen atoms in total. The summed E-state index contributed by atoms with van der Waals surface area (Å²) < 4.78 is 5.26. The van der Waals surface area contributed by atoms with Gasteiger partial charge < -0.3 is 4.74 Å². The summed E-state index contributed by atoms with van der Waals surface area (Å²) >= 11 is 0. The molecular weight excluding hydrogens is 268 g/mol. The summed E-state index contributed by atoms with van der Waals surface area (Å²) in [7, 11) is 0. The molecule has 1 fully saturated rings. The third kappa shape index (κ3) is 3.64. The lowest BCUT2D eigenvalue weighted by molar-refractivity contribution is -0.132. The van der Waals surface area contributed by atoms with E-state index in [1.807, 2.05) is 0 Å². The Kier molecular flexibility index (Phi) is 5.02. The van der Waals surface area contributed by atoms with Crippen LogP contribution in [0.15, 0.2) is 24.3 Å². The number of hydrogen-bond acceptors (Lipinski definition) is 4. The van der Waals surface area contributed by atoms with E-state index < -0.39 is 5.92 Å². The topological polar surface area (TPSA) is 60.4 Å².